The van der Waals surface area contributed by atoms with E-state index in [2.05, 4.69) is 24.1 Å². The maximum absolute atomic E-state index is 5.07. The Morgan fingerprint density at radius 2 is 2.43 bits per heavy atom. The average Bonchev–Trinajstić information content (AvgIpc) is 2.54. The van der Waals surface area contributed by atoms with Gasteiger partial charge in [-0.1, -0.05) is 0 Å². The van der Waals surface area contributed by atoms with E-state index in [9.17, 15) is 0 Å². The molecule has 0 saturated carbocycles. The Morgan fingerprint density at radius 1 is 1.57 bits per heavy atom. The third-order valence-electron chi connectivity index (χ3n) is 2.64. The summed E-state index contributed by atoms with van der Waals surface area (Å²) in [6, 6.07) is 2.04. The first kappa shape index (κ1) is 9.74. The van der Waals surface area contributed by atoms with E-state index >= 15 is 0 Å². The number of piperazine rings is 1. The highest BCUT2D eigenvalue weighted by Crippen LogP contribution is 2.13. The van der Waals surface area contributed by atoms with Crippen LogP contribution in [0.25, 0.3) is 0 Å². The molecule has 1 aliphatic heterocycles. The number of nitrogens with zero attached hydrogens (tertiary/aromatic N) is 1. The molecule has 1 aliphatic rings. The molecular weight excluding hydrogens is 176 g/mol. The zero-order valence-corrected chi connectivity index (χ0v) is 8.92. The summed E-state index contributed by atoms with van der Waals surface area (Å²) >= 11 is 0. The molecule has 78 valence electrons. The molecule has 0 spiro atoms. The number of hydrogen-bond acceptors (Lipinski definition) is 3. The molecular formula is C11H18N2O. The maximum atomic E-state index is 5.07. The summed E-state index contributed by atoms with van der Waals surface area (Å²) in [5.74, 6) is 0. The molecule has 0 radical (unpaired) electrons. The summed E-state index contributed by atoms with van der Waals surface area (Å²) in [5.41, 5.74) is 1.50. The van der Waals surface area contributed by atoms with Gasteiger partial charge in [0.15, 0.2) is 0 Å². The van der Waals surface area contributed by atoms with Crippen LogP contribution in [0.2, 0.25) is 0 Å². The lowest BCUT2D eigenvalue weighted by atomic mass is 10.0. The van der Waals surface area contributed by atoms with Crippen LogP contribution in [-0.4, -0.2) is 30.1 Å². The number of furan rings is 1. The van der Waals surface area contributed by atoms with Gasteiger partial charge in [-0.2, -0.15) is 0 Å². The molecule has 14 heavy (non-hydrogen) atoms. The van der Waals surface area contributed by atoms with Gasteiger partial charge in [0.25, 0.3) is 0 Å². The number of rotatable bonds is 2. The highest BCUT2D eigenvalue weighted by molar-refractivity contribution is 5.05. The van der Waals surface area contributed by atoms with Crippen molar-refractivity contribution in [2.75, 3.05) is 19.6 Å². The van der Waals surface area contributed by atoms with Gasteiger partial charge in [-0.25, -0.2) is 0 Å². The summed E-state index contributed by atoms with van der Waals surface area (Å²) in [5, 5.41) is 3.50. The van der Waals surface area contributed by atoms with Crippen molar-refractivity contribution < 1.29 is 4.42 Å². The van der Waals surface area contributed by atoms with Gasteiger partial charge in [0.2, 0.25) is 0 Å². The maximum Gasteiger partial charge on any atom is 0.0947 e. The Hall–Kier alpha value is -0.800. The van der Waals surface area contributed by atoms with Gasteiger partial charge in [0.1, 0.15) is 0 Å². The normalized spacial score (nSPS) is 22.4. The average molecular weight is 194 g/mol. The second-order valence-corrected chi connectivity index (χ2v) is 4.65. The molecule has 1 aromatic rings. The summed E-state index contributed by atoms with van der Waals surface area (Å²) < 4.78 is 5.07. The molecule has 0 aliphatic carbocycles. The van der Waals surface area contributed by atoms with E-state index in [4.69, 9.17) is 4.42 Å². The minimum absolute atomic E-state index is 0.238. The summed E-state index contributed by atoms with van der Waals surface area (Å²) in [6.45, 7) is 8.78. The van der Waals surface area contributed by atoms with Gasteiger partial charge < -0.3 is 9.73 Å². The molecule has 1 saturated heterocycles. The molecule has 1 N–H and O–H groups in total. The van der Waals surface area contributed by atoms with Crippen LogP contribution in [0, 0.1) is 0 Å². The van der Waals surface area contributed by atoms with Gasteiger partial charge in [-0.3, -0.25) is 4.90 Å². The zero-order chi connectivity index (χ0) is 10.0. The van der Waals surface area contributed by atoms with Gasteiger partial charge >= 0.3 is 0 Å². The zero-order valence-electron chi connectivity index (χ0n) is 8.92. The van der Waals surface area contributed by atoms with E-state index in [0.717, 1.165) is 26.2 Å². The van der Waals surface area contributed by atoms with Crippen LogP contribution in [0.3, 0.4) is 0 Å². The molecule has 3 nitrogen and oxygen atoms in total. The van der Waals surface area contributed by atoms with Crippen molar-refractivity contribution in [3.8, 4) is 0 Å². The fourth-order valence-electron chi connectivity index (χ4n) is 2.02. The van der Waals surface area contributed by atoms with Crippen molar-refractivity contribution in [1.82, 2.24) is 10.2 Å². The third-order valence-corrected chi connectivity index (χ3v) is 2.64. The monoisotopic (exact) mass is 194 g/mol. The van der Waals surface area contributed by atoms with E-state index in [1.807, 2.05) is 12.3 Å². The van der Waals surface area contributed by atoms with Crippen LogP contribution in [0.1, 0.15) is 19.4 Å². The molecule has 2 rings (SSSR count). The predicted octanol–water partition coefficient (Wildman–Crippen LogP) is 1.46. The van der Waals surface area contributed by atoms with E-state index in [-0.39, 0.29) is 5.54 Å². The Balaban J connectivity index is 1.92. The first-order valence-corrected chi connectivity index (χ1v) is 5.14. The molecule has 0 bridgehead atoms. The molecule has 2 heterocycles. The van der Waals surface area contributed by atoms with Crippen molar-refractivity contribution >= 4 is 0 Å². The number of nitrogens with one attached hydrogen (secondary N) is 1. The lowest BCUT2D eigenvalue weighted by Gasteiger charge is -2.38. The van der Waals surface area contributed by atoms with Crippen LogP contribution >= 0.6 is 0 Å². The van der Waals surface area contributed by atoms with Crippen LogP contribution in [-0.2, 0) is 6.54 Å². The van der Waals surface area contributed by atoms with Gasteiger partial charge in [0.05, 0.1) is 12.5 Å². The molecule has 0 amide bonds. The van der Waals surface area contributed by atoms with Crippen LogP contribution < -0.4 is 5.32 Å². The highest BCUT2D eigenvalue weighted by Gasteiger charge is 2.25. The van der Waals surface area contributed by atoms with Crippen LogP contribution in [0.15, 0.2) is 23.0 Å². The topological polar surface area (TPSA) is 28.4 Å². The Labute approximate surface area is 85.1 Å². The number of hydrogen-bond donors (Lipinski definition) is 1. The summed E-state index contributed by atoms with van der Waals surface area (Å²) in [6.07, 6.45) is 3.57. The van der Waals surface area contributed by atoms with Crippen molar-refractivity contribution in [2.45, 2.75) is 25.9 Å². The largest absolute Gasteiger partial charge is 0.472 e. The van der Waals surface area contributed by atoms with Gasteiger partial charge in [0, 0.05) is 37.3 Å². The third kappa shape index (κ3) is 2.36. The molecule has 0 unspecified atom stereocenters. The smallest absolute Gasteiger partial charge is 0.0947 e. The lowest BCUT2D eigenvalue weighted by molar-refractivity contribution is 0.148. The van der Waals surface area contributed by atoms with Gasteiger partial charge in [-0.05, 0) is 19.9 Å². The molecule has 0 aromatic carbocycles. The second-order valence-electron chi connectivity index (χ2n) is 4.65. The van der Waals surface area contributed by atoms with Crippen molar-refractivity contribution in [2.24, 2.45) is 0 Å². The van der Waals surface area contributed by atoms with Gasteiger partial charge in [-0.15, -0.1) is 0 Å². The fraction of sp³-hybridized carbons (Fsp3) is 0.636. The van der Waals surface area contributed by atoms with E-state index in [1.54, 1.807) is 6.26 Å². The minimum Gasteiger partial charge on any atom is -0.472 e. The molecule has 1 aromatic heterocycles. The fourth-order valence-corrected chi connectivity index (χ4v) is 2.02. The predicted molar refractivity (Wildman–Crippen MR) is 56.1 cm³/mol. The quantitative estimate of drug-likeness (QED) is 0.772. The Kier molecular flexibility index (Phi) is 2.61. The van der Waals surface area contributed by atoms with E-state index in [1.165, 1.54) is 5.56 Å². The lowest BCUT2D eigenvalue weighted by Crippen LogP contribution is -2.56. The Morgan fingerprint density at radius 3 is 3.07 bits per heavy atom. The molecule has 0 atom stereocenters. The summed E-state index contributed by atoms with van der Waals surface area (Å²) in [7, 11) is 0. The van der Waals surface area contributed by atoms with Crippen molar-refractivity contribution in [3.63, 3.8) is 0 Å². The standard InChI is InChI=1S/C11H18N2O/c1-11(2)9-13(5-4-12-11)7-10-3-6-14-8-10/h3,6,8,12H,4-5,7,9H2,1-2H3. The second kappa shape index (κ2) is 3.75. The van der Waals surface area contributed by atoms with E-state index in [0.29, 0.717) is 0 Å². The van der Waals surface area contributed by atoms with Crippen LogP contribution in [0.5, 0.6) is 0 Å². The highest BCUT2D eigenvalue weighted by atomic mass is 16.3. The minimum atomic E-state index is 0.238. The molecule has 3 heteroatoms. The SMILES string of the molecule is CC1(C)CN(Cc2ccoc2)CCN1. The first-order valence-electron chi connectivity index (χ1n) is 5.14. The first-order chi connectivity index (χ1) is 6.66. The van der Waals surface area contributed by atoms with Crippen molar-refractivity contribution in [3.05, 3.63) is 24.2 Å². The molecule has 1 fully saturated rings. The summed E-state index contributed by atoms with van der Waals surface area (Å²) in [4.78, 5) is 2.46. The Bertz CT molecular complexity index is 279. The van der Waals surface area contributed by atoms with Crippen LogP contribution in [0.4, 0.5) is 0 Å². The van der Waals surface area contributed by atoms with E-state index < -0.39 is 0 Å². The van der Waals surface area contributed by atoms with Crippen molar-refractivity contribution in [1.29, 1.82) is 0 Å².